The lowest BCUT2D eigenvalue weighted by molar-refractivity contribution is 0.585. The molecule has 8 heteroatoms. The minimum Gasteiger partial charge on any atom is -0.454 e. The average molecular weight is 497 g/mol. The number of aromatic nitrogens is 2. The van der Waals surface area contributed by atoms with E-state index in [0.29, 0.717) is 16.9 Å². The summed E-state index contributed by atoms with van der Waals surface area (Å²) in [6, 6.07) is 16.3. The Morgan fingerprint density at radius 1 is 0.914 bits per heavy atom. The number of nitrogens with zero attached hydrogens (tertiary/aromatic N) is 4. The molecular weight excluding hydrogens is 476 g/mol. The lowest BCUT2D eigenvalue weighted by Crippen LogP contribution is -1.98. The van der Waals surface area contributed by atoms with Crippen molar-refractivity contribution in [3.8, 4) is 45.8 Å². The number of thiophene rings is 1. The first kappa shape index (κ1) is 22.7. The quantitative estimate of drug-likeness (QED) is 0.221. The topological polar surface area (TPSA) is 91.7 Å². The van der Waals surface area contributed by atoms with Crippen LogP contribution in [0.25, 0.3) is 56.1 Å². The van der Waals surface area contributed by atoms with E-state index in [1.165, 1.54) is 11.3 Å². The number of allylic oxidation sites excluding steroid dienone is 2. The van der Waals surface area contributed by atoms with Crippen LogP contribution in [0, 0.1) is 22.7 Å². The van der Waals surface area contributed by atoms with E-state index in [2.05, 4.69) is 28.6 Å². The van der Waals surface area contributed by atoms with Crippen LogP contribution in [0.2, 0.25) is 0 Å². The molecule has 0 radical (unpaired) electrons. The molecule has 0 unspecified atom stereocenters. The van der Waals surface area contributed by atoms with Gasteiger partial charge in [-0.25, -0.2) is 4.98 Å². The van der Waals surface area contributed by atoms with Crippen molar-refractivity contribution in [2.45, 2.75) is 27.3 Å². The van der Waals surface area contributed by atoms with Crippen LogP contribution in [0.3, 0.4) is 0 Å². The van der Waals surface area contributed by atoms with Crippen molar-refractivity contribution >= 4 is 45.1 Å². The Labute approximate surface area is 210 Å². The summed E-state index contributed by atoms with van der Waals surface area (Å²) in [5, 5.41) is 18.8. The molecule has 0 amide bonds. The highest BCUT2D eigenvalue weighted by Crippen LogP contribution is 2.38. The second-order valence-electron chi connectivity index (χ2n) is 7.95. The monoisotopic (exact) mass is 496 g/mol. The zero-order valence-electron chi connectivity index (χ0n) is 19.3. The molecule has 0 bridgehead atoms. The molecule has 0 fully saturated rings. The predicted molar refractivity (Wildman–Crippen MR) is 141 cm³/mol. The molecule has 5 aromatic heterocycles. The maximum Gasteiger partial charge on any atom is 0.163 e. The Bertz CT molecular complexity index is 1660. The van der Waals surface area contributed by atoms with Gasteiger partial charge in [0.25, 0.3) is 0 Å². The summed E-state index contributed by atoms with van der Waals surface area (Å²) < 4.78 is 15.6. The molecule has 6 nitrogen and oxygen atoms in total. The fourth-order valence-electron chi connectivity index (χ4n) is 3.84. The number of nitriles is 2. The second-order valence-corrected chi connectivity index (χ2v) is 10.1. The summed E-state index contributed by atoms with van der Waals surface area (Å²) in [4.78, 5) is 6.37. The van der Waals surface area contributed by atoms with Crippen molar-refractivity contribution in [2.24, 2.45) is 0 Å². The lowest BCUT2D eigenvalue weighted by atomic mass is 10.3. The third-order valence-electron chi connectivity index (χ3n) is 5.44. The standard InChI is InChI=1S/C27H20N4O2S2/c1-4-31-20(22-7-8-23(32-22)27-30-15-19(35-27)10-17(3)14-29)5-6-21(31)24-12-26-25(33-24)11-18(34-26)9-16(2)13-28/h5-12,15H,4H2,1-3H3/b16-9-,17-10-. The number of fused-ring (bicyclic) bond motifs is 1. The Balaban J connectivity index is 1.45. The summed E-state index contributed by atoms with van der Waals surface area (Å²) >= 11 is 3.09. The Morgan fingerprint density at radius 3 is 2.29 bits per heavy atom. The van der Waals surface area contributed by atoms with Gasteiger partial charge in [-0.05, 0) is 63.3 Å². The number of hydrogen-bond acceptors (Lipinski definition) is 7. The predicted octanol–water partition coefficient (Wildman–Crippen LogP) is 8.22. The van der Waals surface area contributed by atoms with Crippen LogP contribution in [0.15, 0.2) is 62.6 Å². The highest BCUT2D eigenvalue weighted by molar-refractivity contribution is 7.19. The lowest BCUT2D eigenvalue weighted by Gasteiger charge is -2.08. The van der Waals surface area contributed by atoms with Gasteiger partial charge in [-0.3, -0.25) is 0 Å². The molecule has 5 heterocycles. The molecule has 35 heavy (non-hydrogen) atoms. The van der Waals surface area contributed by atoms with Crippen molar-refractivity contribution < 1.29 is 8.83 Å². The minimum absolute atomic E-state index is 0.636. The highest BCUT2D eigenvalue weighted by Gasteiger charge is 2.18. The normalized spacial score (nSPS) is 12.3. The smallest absolute Gasteiger partial charge is 0.163 e. The summed E-state index contributed by atoms with van der Waals surface area (Å²) in [7, 11) is 0. The first-order valence-corrected chi connectivity index (χ1v) is 12.6. The van der Waals surface area contributed by atoms with Gasteiger partial charge in [0.15, 0.2) is 22.3 Å². The molecule has 0 spiro atoms. The van der Waals surface area contributed by atoms with Crippen molar-refractivity contribution in [2.75, 3.05) is 0 Å². The summed E-state index contributed by atoms with van der Waals surface area (Å²) in [6.07, 6.45) is 5.44. The van der Waals surface area contributed by atoms with E-state index in [-0.39, 0.29) is 0 Å². The fraction of sp³-hybridized carbons (Fsp3) is 0.148. The number of hydrogen-bond donors (Lipinski definition) is 0. The molecule has 0 N–H and O–H groups in total. The minimum atomic E-state index is 0.636. The fourth-order valence-corrected chi connectivity index (χ4v) is 5.74. The average Bonchev–Trinajstić information content (AvgIpc) is 3.65. The Hall–Kier alpha value is -4.11. The summed E-state index contributed by atoms with van der Waals surface area (Å²) in [5.41, 5.74) is 4.05. The van der Waals surface area contributed by atoms with E-state index < -0.39 is 0 Å². The first-order valence-electron chi connectivity index (χ1n) is 11.0. The molecule has 0 saturated carbocycles. The van der Waals surface area contributed by atoms with Crippen LogP contribution >= 0.6 is 22.7 Å². The second kappa shape index (κ2) is 9.27. The third kappa shape index (κ3) is 4.38. The van der Waals surface area contributed by atoms with Gasteiger partial charge in [-0.1, -0.05) is 0 Å². The third-order valence-corrected chi connectivity index (χ3v) is 7.41. The van der Waals surface area contributed by atoms with Crippen LogP contribution in [-0.2, 0) is 6.54 Å². The van der Waals surface area contributed by atoms with Crippen LogP contribution in [0.1, 0.15) is 30.5 Å². The van der Waals surface area contributed by atoms with Crippen LogP contribution in [0.5, 0.6) is 0 Å². The van der Waals surface area contributed by atoms with Crippen molar-refractivity contribution in [1.29, 1.82) is 10.5 Å². The molecule has 0 aliphatic heterocycles. The van der Waals surface area contributed by atoms with E-state index in [4.69, 9.17) is 19.4 Å². The molecule has 5 rings (SSSR count). The molecule has 0 saturated heterocycles. The molecule has 0 aliphatic carbocycles. The zero-order chi connectivity index (χ0) is 24.5. The van der Waals surface area contributed by atoms with Gasteiger partial charge < -0.3 is 13.4 Å². The molecular formula is C27H20N4O2S2. The van der Waals surface area contributed by atoms with E-state index in [0.717, 1.165) is 54.5 Å². The van der Waals surface area contributed by atoms with Gasteiger partial charge in [0, 0.05) is 39.7 Å². The van der Waals surface area contributed by atoms with Crippen molar-refractivity contribution in [3.63, 3.8) is 0 Å². The van der Waals surface area contributed by atoms with Crippen molar-refractivity contribution in [3.05, 3.63) is 63.5 Å². The van der Waals surface area contributed by atoms with Crippen LogP contribution in [-0.4, -0.2) is 9.55 Å². The van der Waals surface area contributed by atoms with E-state index in [1.807, 2.05) is 48.6 Å². The number of furan rings is 2. The van der Waals surface area contributed by atoms with Gasteiger partial charge in [-0.2, -0.15) is 10.5 Å². The number of rotatable bonds is 6. The van der Waals surface area contributed by atoms with Crippen molar-refractivity contribution in [1.82, 2.24) is 9.55 Å². The largest absolute Gasteiger partial charge is 0.454 e. The number of thiazole rings is 1. The first-order chi connectivity index (χ1) is 17.0. The van der Waals surface area contributed by atoms with E-state index in [1.54, 1.807) is 31.4 Å². The Kier molecular flexibility index (Phi) is 6.00. The van der Waals surface area contributed by atoms with Gasteiger partial charge in [-0.15, -0.1) is 22.7 Å². The zero-order valence-corrected chi connectivity index (χ0v) is 21.0. The Morgan fingerprint density at radius 2 is 1.60 bits per heavy atom. The van der Waals surface area contributed by atoms with Crippen LogP contribution < -0.4 is 0 Å². The molecule has 0 aromatic carbocycles. The summed E-state index contributed by atoms with van der Waals surface area (Å²) in [6.45, 7) is 6.40. The molecule has 172 valence electrons. The highest BCUT2D eigenvalue weighted by atomic mass is 32.1. The maximum atomic E-state index is 9.01. The molecule has 0 atom stereocenters. The van der Waals surface area contributed by atoms with Gasteiger partial charge in [0.05, 0.1) is 28.2 Å². The van der Waals surface area contributed by atoms with Gasteiger partial charge in [0.1, 0.15) is 5.58 Å². The SMILES string of the molecule is CCn1c(-c2ccc(-c3ncc(/C=C(/C)C#N)s3)o2)ccc1-c1cc2sc(/C=C(/C)C#N)cc2o1. The van der Waals surface area contributed by atoms with E-state index >= 15 is 0 Å². The van der Waals surface area contributed by atoms with Crippen LogP contribution in [0.4, 0.5) is 0 Å². The molecule has 0 aliphatic rings. The summed E-state index contributed by atoms with van der Waals surface area (Å²) in [5.74, 6) is 2.24. The van der Waals surface area contributed by atoms with Gasteiger partial charge in [0.2, 0.25) is 0 Å². The molecule has 5 aromatic rings. The maximum absolute atomic E-state index is 9.01. The van der Waals surface area contributed by atoms with Gasteiger partial charge >= 0.3 is 0 Å². The van der Waals surface area contributed by atoms with E-state index in [9.17, 15) is 0 Å².